The lowest BCUT2D eigenvalue weighted by molar-refractivity contribution is -0.145. The number of carboxylic acids is 2. The summed E-state index contributed by atoms with van der Waals surface area (Å²) >= 11 is 0. The Labute approximate surface area is 235 Å². The Morgan fingerprint density at radius 1 is 0.732 bits per heavy atom. The molecule has 5 atom stereocenters. The smallest absolute Gasteiger partial charge is 0.328 e. The number of hydrogen-bond donors (Lipinski definition) is 9. The van der Waals surface area contributed by atoms with E-state index in [1.165, 1.54) is 36.4 Å². The van der Waals surface area contributed by atoms with E-state index in [0.717, 1.165) is 6.92 Å². The first kappa shape index (κ1) is 32.5. The predicted octanol–water partition coefficient (Wildman–Crippen LogP) is -1.01. The number of aromatic hydroxyl groups is 2. The summed E-state index contributed by atoms with van der Waals surface area (Å²) in [6.45, 7) is 1.16. The second-order valence-corrected chi connectivity index (χ2v) is 9.47. The molecule has 0 aromatic heterocycles. The van der Waals surface area contributed by atoms with E-state index in [-0.39, 0.29) is 30.8 Å². The summed E-state index contributed by atoms with van der Waals surface area (Å²) in [7, 11) is 0. The standard InChI is InChI=1S/C27H34N4O10/c1-14(32)23(27(40)41)31-26(39)21(13-16-4-8-18(34)9-5-16)30-25(38)20(10-11-22(35)36)29-24(37)19(28)12-15-2-6-17(33)7-3-15/h2-9,14,19-21,23,32-34H,10-13,28H2,1H3,(H,29,37)(H,30,38)(H,31,39)(H,35,36)(H,40,41). The second-order valence-electron chi connectivity index (χ2n) is 9.47. The van der Waals surface area contributed by atoms with Crippen molar-refractivity contribution in [1.82, 2.24) is 16.0 Å². The van der Waals surface area contributed by atoms with Crippen LogP contribution in [0.25, 0.3) is 0 Å². The average molecular weight is 575 g/mol. The first-order valence-corrected chi connectivity index (χ1v) is 12.6. The lowest BCUT2D eigenvalue weighted by Gasteiger charge is -2.26. The number of nitrogens with two attached hydrogens (primary N) is 1. The number of aliphatic carboxylic acids is 2. The predicted molar refractivity (Wildman–Crippen MR) is 144 cm³/mol. The lowest BCUT2D eigenvalue weighted by Crippen LogP contribution is -2.59. The van der Waals surface area contributed by atoms with Gasteiger partial charge < -0.3 is 47.2 Å². The Hall–Kier alpha value is -4.69. The van der Waals surface area contributed by atoms with Gasteiger partial charge in [0, 0.05) is 12.8 Å². The molecule has 0 saturated carbocycles. The molecular weight excluding hydrogens is 540 g/mol. The molecule has 0 aliphatic heterocycles. The number of carbonyl (C=O) groups excluding carboxylic acids is 3. The van der Waals surface area contributed by atoms with Crippen LogP contribution in [-0.4, -0.2) is 85.5 Å². The van der Waals surface area contributed by atoms with Crippen LogP contribution in [-0.2, 0) is 36.8 Å². The van der Waals surface area contributed by atoms with Gasteiger partial charge in [-0.05, 0) is 55.2 Å². The van der Waals surface area contributed by atoms with E-state index in [9.17, 15) is 44.4 Å². The van der Waals surface area contributed by atoms with E-state index in [1.54, 1.807) is 12.1 Å². The van der Waals surface area contributed by atoms with Crippen molar-refractivity contribution in [2.24, 2.45) is 5.73 Å². The van der Waals surface area contributed by atoms with Crippen molar-refractivity contribution in [3.05, 3.63) is 59.7 Å². The first-order chi connectivity index (χ1) is 19.3. The van der Waals surface area contributed by atoms with Crippen LogP contribution in [0.3, 0.4) is 0 Å². The molecular formula is C27H34N4O10. The minimum Gasteiger partial charge on any atom is -0.508 e. The number of nitrogens with one attached hydrogen (secondary N) is 3. The summed E-state index contributed by atoms with van der Waals surface area (Å²) in [5.74, 6) is -5.47. The highest BCUT2D eigenvalue weighted by Crippen LogP contribution is 2.13. The Bertz CT molecular complexity index is 1220. The maximum Gasteiger partial charge on any atom is 0.328 e. The first-order valence-electron chi connectivity index (χ1n) is 12.6. The highest BCUT2D eigenvalue weighted by molar-refractivity contribution is 5.94. The van der Waals surface area contributed by atoms with Crippen LogP contribution in [0.15, 0.2) is 48.5 Å². The minimum atomic E-state index is -1.69. The van der Waals surface area contributed by atoms with Crippen molar-refractivity contribution in [1.29, 1.82) is 0 Å². The molecule has 14 heteroatoms. The molecule has 5 unspecified atom stereocenters. The fourth-order valence-corrected chi connectivity index (χ4v) is 3.79. The number of phenols is 2. The maximum absolute atomic E-state index is 13.2. The Morgan fingerprint density at radius 2 is 1.20 bits per heavy atom. The molecule has 2 aromatic carbocycles. The zero-order chi connectivity index (χ0) is 30.7. The summed E-state index contributed by atoms with van der Waals surface area (Å²) < 4.78 is 0. The molecule has 2 aromatic rings. The highest BCUT2D eigenvalue weighted by atomic mass is 16.4. The highest BCUT2D eigenvalue weighted by Gasteiger charge is 2.32. The molecule has 222 valence electrons. The van der Waals surface area contributed by atoms with Crippen molar-refractivity contribution in [2.75, 3.05) is 0 Å². The molecule has 0 heterocycles. The van der Waals surface area contributed by atoms with E-state index in [4.69, 9.17) is 10.8 Å². The second kappa shape index (κ2) is 15.2. The fraction of sp³-hybridized carbons (Fsp3) is 0.370. The molecule has 0 saturated heterocycles. The number of carbonyl (C=O) groups is 5. The summed E-state index contributed by atoms with van der Waals surface area (Å²) in [4.78, 5) is 61.8. The topological polar surface area (TPSA) is 249 Å². The van der Waals surface area contributed by atoms with Crippen LogP contribution in [0, 0.1) is 0 Å². The number of amides is 3. The third-order valence-electron chi connectivity index (χ3n) is 6.06. The molecule has 0 fully saturated rings. The fourth-order valence-electron chi connectivity index (χ4n) is 3.79. The van der Waals surface area contributed by atoms with Crippen LogP contribution in [0.5, 0.6) is 11.5 Å². The molecule has 0 spiro atoms. The average Bonchev–Trinajstić information content (AvgIpc) is 2.90. The van der Waals surface area contributed by atoms with Gasteiger partial charge in [0.05, 0.1) is 12.1 Å². The van der Waals surface area contributed by atoms with Crippen molar-refractivity contribution < 1.29 is 49.5 Å². The molecule has 0 radical (unpaired) electrons. The van der Waals surface area contributed by atoms with Gasteiger partial charge in [-0.3, -0.25) is 19.2 Å². The molecule has 14 nitrogen and oxygen atoms in total. The Morgan fingerprint density at radius 3 is 1.66 bits per heavy atom. The molecule has 3 amide bonds. The molecule has 10 N–H and O–H groups in total. The summed E-state index contributed by atoms with van der Waals surface area (Å²) in [5, 5.41) is 54.2. The van der Waals surface area contributed by atoms with Gasteiger partial charge in [0.15, 0.2) is 6.04 Å². The van der Waals surface area contributed by atoms with E-state index >= 15 is 0 Å². The lowest BCUT2D eigenvalue weighted by atomic mass is 10.0. The van der Waals surface area contributed by atoms with Crippen LogP contribution in [0.2, 0.25) is 0 Å². The van der Waals surface area contributed by atoms with Gasteiger partial charge in [-0.2, -0.15) is 0 Å². The number of aliphatic hydroxyl groups excluding tert-OH is 1. The molecule has 2 rings (SSSR count). The molecule has 41 heavy (non-hydrogen) atoms. The van der Waals surface area contributed by atoms with Gasteiger partial charge in [-0.15, -0.1) is 0 Å². The zero-order valence-corrected chi connectivity index (χ0v) is 22.2. The van der Waals surface area contributed by atoms with E-state index < -0.39 is 66.4 Å². The van der Waals surface area contributed by atoms with Crippen LogP contribution in [0.4, 0.5) is 0 Å². The van der Waals surface area contributed by atoms with Crippen molar-refractivity contribution in [3.8, 4) is 11.5 Å². The molecule has 0 aliphatic rings. The zero-order valence-electron chi connectivity index (χ0n) is 22.2. The number of benzene rings is 2. The maximum atomic E-state index is 13.2. The van der Waals surface area contributed by atoms with Gasteiger partial charge in [0.1, 0.15) is 23.6 Å². The van der Waals surface area contributed by atoms with Crippen molar-refractivity contribution in [3.63, 3.8) is 0 Å². The van der Waals surface area contributed by atoms with Gasteiger partial charge in [0.25, 0.3) is 0 Å². The summed E-state index contributed by atoms with van der Waals surface area (Å²) in [6, 6.07) is 5.88. The van der Waals surface area contributed by atoms with Crippen molar-refractivity contribution >= 4 is 29.7 Å². The van der Waals surface area contributed by atoms with Crippen molar-refractivity contribution in [2.45, 2.75) is 62.9 Å². The van der Waals surface area contributed by atoms with E-state index in [2.05, 4.69) is 16.0 Å². The van der Waals surface area contributed by atoms with Crippen LogP contribution < -0.4 is 21.7 Å². The van der Waals surface area contributed by atoms with Crippen LogP contribution in [0.1, 0.15) is 30.9 Å². The monoisotopic (exact) mass is 574 g/mol. The van der Waals surface area contributed by atoms with Gasteiger partial charge in [-0.1, -0.05) is 24.3 Å². The third kappa shape index (κ3) is 10.8. The van der Waals surface area contributed by atoms with Gasteiger partial charge in [0.2, 0.25) is 17.7 Å². The third-order valence-corrected chi connectivity index (χ3v) is 6.06. The Kier molecular flexibility index (Phi) is 12.0. The number of rotatable bonds is 15. The molecule has 0 bridgehead atoms. The molecule has 0 aliphatic carbocycles. The Balaban J connectivity index is 2.24. The number of carboxylic acid groups (broad SMARTS) is 2. The van der Waals surface area contributed by atoms with Gasteiger partial charge >= 0.3 is 11.9 Å². The number of phenolic OH excluding ortho intramolecular Hbond substituents is 2. The largest absolute Gasteiger partial charge is 0.508 e. The summed E-state index contributed by atoms with van der Waals surface area (Å²) in [5.41, 5.74) is 7.07. The van der Waals surface area contributed by atoms with Crippen LogP contribution >= 0.6 is 0 Å². The number of hydrogen-bond acceptors (Lipinski definition) is 9. The summed E-state index contributed by atoms with van der Waals surface area (Å²) in [6.07, 6.45) is -2.47. The minimum absolute atomic E-state index is 0.0196. The van der Waals surface area contributed by atoms with E-state index in [0.29, 0.717) is 11.1 Å². The normalized spacial score (nSPS) is 14.5. The SMILES string of the molecule is CC(O)C(NC(=O)C(Cc1ccc(O)cc1)NC(=O)C(CCC(=O)O)NC(=O)C(N)Cc1ccc(O)cc1)C(=O)O. The van der Waals surface area contributed by atoms with E-state index in [1.807, 2.05) is 0 Å². The van der Waals surface area contributed by atoms with Gasteiger partial charge in [-0.25, -0.2) is 4.79 Å². The number of aliphatic hydroxyl groups is 1. The quantitative estimate of drug-likeness (QED) is 0.125.